The maximum atomic E-state index is 13.6. The maximum absolute atomic E-state index is 13.6. The number of aryl methyl sites for hydroxylation is 2. The summed E-state index contributed by atoms with van der Waals surface area (Å²) in [6.07, 6.45) is 0.900. The van der Waals surface area contributed by atoms with Gasteiger partial charge in [-0.25, -0.2) is 4.79 Å². The summed E-state index contributed by atoms with van der Waals surface area (Å²) in [6.45, 7) is 8.79. The van der Waals surface area contributed by atoms with E-state index in [1.165, 1.54) is 0 Å². The number of hydrogen-bond acceptors (Lipinski definition) is 4. The standard InChI is InChI=1S/C26H32ClN3O4/c1-16-9-11-18(12-10-16)23(24(32)29-22-17(2)7-6-8-20(22)27)30(19-13-14-19)21(31)15-28-25(33)34-26(3,4)5/h6-12,19,23H,13-15H2,1-5H3,(H,28,33)(H,29,32). The zero-order chi connectivity index (χ0) is 25.0. The molecule has 0 spiro atoms. The summed E-state index contributed by atoms with van der Waals surface area (Å²) in [6, 6.07) is 11.9. The third kappa shape index (κ3) is 6.73. The number of nitrogens with zero attached hydrogens (tertiary/aromatic N) is 1. The van der Waals surface area contributed by atoms with Gasteiger partial charge in [-0.15, -0.1) is 0 Å². The summed E-state index contributed by atoms with van der Waals surface area (Å²) in [5.74, 6) is -0.720. The molecule has 3 rings (SSSR count). The predicted octanol–water partition coefficient (Wildman–Crippen LogP) is 5.15. The SMILES string of the molecule is Cc1ccc(C(C(=O)Nc2c(C)cccc2Cl)N(C(=O)CNC(=O)OC(C)(C)C)C2CC2)cc1. The summed E-state index contributed by atoms with van der Waals surface area (Å²) in [5, 5.41) is 5.87. The number of halogens is 1. The molecule has 8 heteroatoms. The van der Waals surface area contributed by atoms with Gasteiger partial charge in [0.2, 0.25) is 5.91 Å². The zero-order valence-electron chi connectivity index (χ0n) is 20.3. The van der Waals surface area contributed by atoms with Crippen LogP contribution in [0.3, 0.4) is 0 Å². The van der Waals surface area contributed by atoms with E-state index in [0.29, 0.717) is 16.3 Å². The van der Waals surface area contributed by atoms with Crippen molar-refractivity contribution in [3.05, 3.63) is 64.2 Å². The first kappa shape index (κ1) is 25.6. The number of hydrogen-bond donors (Lipinski definition) is 2. The summed E-state index contributed by atoms with van der Waals surface area (Å²) >= 11 is 6.34. The van der Waals surface area contributed by atoms with Crippen LogP contribution in [0.2, 0.25) is 5.02 Å². The van der Waals surface area contributed by atoms with E-state index in [4.69, 9.17) is 16.3 Å². The molecule has 2 aromatic carbocycles. The first-order valence-electron chi connectivity index (χ1n) is 11.4. The number of rotatable bonds is 7. The van der Waals surface area contributed by atoms with E-state index >= 15 is 0 Å². The van der Waals surface area contributed by atoms with Gasteiger partial charge in [0.15, 0.2) is 0 Å². The lowest BCUT2D eigenvalue weighted by Gasteiger charge is -2.32. The lowest BCUT2D eigenvalue weighted by molar-refractivity contribution is -0.138. The van der Waals surface area contributed by atoms with Gasteiger partial charge in [0.25, 0.3) is 5.91 Å². The number of carbonyl (C=O) groups excluding carboxylic acids is 3. The first-order valence-corrected chi connectivity index (χ1v) is 11.7. The lowest BCUT2D eigenvalue weighted by Crippen LogP contribution is -2.47. The Labute approximate surface area is 205 Å². The van der Waals surface area contributed by atoms with Crippen molar-refractivity contribution < 1.29 is 19.1 Å². The van der Waals surface area contributed by atoms with E-state index in [-0.39, 0.29) is 24.4 Å². The van der Waals surface area contributed by atoms with E-state index in [0.717, 1.165) is 24.0 Å². The van der Waals surface area contributed by atoms with Gasteiger partial charge >= 0.3 is 6.09 Å². The van der Waals surface area contributed by atoms with E-state index in [1.807, 2.05) is 50.2 Å². The fourth-order valence-corrected chi connectivity index (χ4v) is 3.90. The van der Waals surface area contributed by atoms with Crippen LogP contribution in [0.4, 0.5) is 10.5 Å². The predicted molar refractivity (Wildman–Crippen MR) is 133 cm³/mol. The van der Waals surface area contributed by atoms with Crippen LogP contribution in [0, 0.1) is 13.8 Å². The molecule has 182 valence electrons. The summed E-state index contributed by atoms with van der Waals surface area (Å²) in [4.78, 5) is 40.6. The number of nitrogens with one attached hydrogen (secondary N) is 2. The Morgan fingerprint density at radius 1 is 1.09 bits per heavy atom. The minimum atomic E-state index is -0.878. The van der Waals surface area contributed by atoms with Gasteiger partial charge in [0.05, 0.1) is 10.7 Å². The number of amides is 3. The van der Waals surface area contributed by atoms with Crippen LogP contribution >= 0.6 is 11.6 Å². The van der Waals surface area contributed by atoms with Crippen LogP contribution in [0.15, 0.2) is 42.5 Å². The Balaban J connectivity index is 1.88. The molecule has 0 bridgehead atoms. The van der Waals surface area contributed by atoms with Crippen molar-refractivity contribution in [3.63, 3.8) is 0 Å². The molecule has 1 atom stereocenters. The van der Waals surface area contributed by atoms with Crippen LogP contribution in [0.1, 0.15) is 56.3 Å². The van der Waals surface area contributed by atoms with Gasteiger partial charge in [-0.2, -0.15) is 0 Å². The number of carbonyl (C=O) groups is 3. The maximum Gasteiger partial charge on any atom is 0.408 e. The number of ether oxygens (including phenoxy) is 1. The molecule has 34 heavy (non-hydrogen) atoms. The highest BCUT2D eigenvalue weighted by atomic mass is 35.5. The van der Waals surface area contributed by atoms with Crippen molar-refractivity contribution in [2.75, 3.05) is 11.9 Å². The minimum absolute atomic E-state index is 0.0858. The van der Waals surface area contributed by atoms with Crippen molar-refractivity contribution in [1.82, 2.24) is 10.2 Å². The van der Waals surface area contributed by atoms with Gasteiger partial charge in [-0.05, 0) is 64.7 Å². The Kier molecular flexibility index (Phi) is 7.87. The minimum Gasteiger partial charge on any atom is -0.444 e. The summed E-state index contributed by atoms with van der Waals surface area (Å²) in [5.41, 5.74) is 2.38. The van der Waals surface area contributed by atoms with Gasteiger partial charge in [-0.3, -0.25) is 9.59 Å². The fraction of sp³-hybridized carbons (Fsp3) is 0.423. The van der Waals surface area contributed by atoms with Gasteiger partial charge in [-0.1, -0.05) is 53.6 Å². The normalized spacial score (nSPS) is 14.2. The molecule has 1 saturated carbocycles. The molecule has 1 fully saturated rings. The van der Waals surface area contributed by atoms with Crippen LogP contribution in [0.5, 0.6) is 0 Å². The quantitative estimate of drug-likeness (QED) is 0.567. The Hall–Kier alpha value is -3.06. The van der Waals surface area contributed by atoms with Crippen molar-refractivity contribution in [2.45, 2.75) is 65.1 Å². The van der Waals surface area contributed by atoms with E-state index in [9.17, 15) is 14.4 Å². The second-order valence-corrected chi connectivity index (χ2v) is 10.0. The highest BCUT2D eigenvalue weighted by Gasteiger charge is 2.41. The van der Waals surface area contributed by atoms with Crippen LogP contribution in [-0.4, -0.2) is 41.0 Å². The fourth-order valence-electron chi connectivity index (χ4n) is 3.63. The van der Waals surface area contributed by atoms with Crippen LogP contribution in [-0.2, 0) is 14.3 Å². The molecule has 1 unspecified atom stereocenters. The third-order valence-electron chi connectivity index (χ3n) is 5.40. The molecule has 0 radical (unpaired) electrons. The molecular weight excluding hydrogens is 454 g/mol. The van der Waals surface area contributed by atoms with Gasteiger partial charge in [0, 0.05) is 6.04 Å². The molecule has 0 aliphatic heterocycles. The van der Waals surface area contributed by atoms with Gasteiger partial charge < -0.3 is 20.3 Å². The molecule has 2 aromatic rings. The molecule has 0 heterocycles. The Bertz CT molecular complexity index is 1040. The van der Waals surface area contributed by atoms with Crippen LogP contribution in [0.25, 0.3) is 0 Å². The highest BCUT2D eigenvalue weighted by Crippen LogP contribution is 2.36. The number of alkyl carbamates (subject to hydrolysis) is 1. The summed E-state index contributed by atoms with van der Waals surface area (Å²) < 4.78 is 5.24. The molecule has 3 amide bonds. The Morgan fingerprint density at radius 2 is 1.74 bits per heavy atom. The molecule has 1 aliphatic carbocycles. The average molecular weight is 486 g/mol. The van der Waals surface area contributed by atoms with Crippen molar-refractivity contribution >= 4 is 35.2 Å². The van der Waals surface area contributed by atoms with Crippen molar-refractivity contribution in [1.29, 1.82) is 0 Å². The monoisotopic (exact) mass is 485 g/mol. The molecule has 0 aromatic heterocycles. The summed E-state index contributed by atoms with van der Waals surface area (Å²) in [7, 11) is 0. The first-order chi connectivity index (χ1) is 16.0. The molecule has 0 saturated heterocycles. The number of para-hydroxylation sites is 1. The van der Waals surface area contributed by atoms with E-state index in [2.05, 4.69) is 10.6 Å². The highest BCUT2D eigenvalue weighted by molar-refractivity contribution is 6.34. The Morgan fingerprint density at radius 3 is 2.29 bits per heavy atom. The topological polar surface area (TPSA) is 87.7 Å². The molecular formula is C26H32ClN3O4. The largest absolute Gasteiger partial charge is 0.444 e. The number of benzene rings is 2. The third-order valence-corrected chi connectivity index (χ3v) is 5.72. The average Bonchev–Trinajstić information content (AvgIpc) is 3.57. The van der Waals surface area contributed by atoms with Crippen molar-refractivity contribution in [2.24, 2.45) is 0 Å². The second-order valence-electron chi connectivity index (χ2n) is 9.62. The van der Waals surface area contributed by atoms with Gasteiger partial charge in [0.1, 0.15) is 18.2 Å². The molecule has 1 aliphatic rings. The van der Waals surface area contributed by atoms with E-state index in [1.54, 1.807) is 31.7 Å². The van der Waals surface area contributed by atoms with Crippen molar-refractivity contribution in [3.8, 4) is 0 Å². The second kappa shape index (κ2) is 10.5. The lowest BCUT2D eigenvalue weighted by atomic mass is 10.0. The zero-order valence-corrected chi connectivity index (χ0v) is 21.0. The number of anilines is 1. The van der Waals surface area contributed by atoms with Crippen LogP contribution < -0.4 is 10.6 Å². The molecule has 2 N–H and O–H groups in total. The molecule has 7 nitrogen and oxygen atoms in total. The smallest absolute Gasteiger partial charge is 0.408 e. The van der Waals surface area contributed by atoms with E-state index < -0.39 is 17.7 Å².